The lowest BCUT2D eigenvalue weighted by molar-refractivity contribution is -0.870. The van der Waals surface area contributed by atoms with Crippen molar-refractivity contribution in [1.82, 2.24) is 5.32 Å². The fraction of sp³-hybridized carbons (Fsp3) is 0.978. The first kappa shape index (κ1) is 53.5. The van der Waals surface area contributed by atoms with E-state index in [1.165, 1.54) is 167 Å². The summed E-state index contributed by atoms with van der Waals surface area (Å²) in [6.07, 6.45) is 41.1. The van der Waals surface area contributed by atoms with E-state index >= 15 is 0 Å². The molecule has 0 aliphatic heterocycles. The highest BCUT2D eigenvalue weighted by Crippen LogP contribution is 2.38. The molecule has 0 heterocycles. The zero-order valence-corrected chi connectivity index (χ0v) is 37.6. The standard InChI is InChI=1S/C45H93N2O6P/c1-6-8-10-12-14-16-18-19-20-21-22-23-24-25-26-27-29-31-33-35-37-39-45(49)46-43(42-53-54(50,51)52-41-40-47(3,4)5)44(48)38-36-34-32-30-28-17-15-13-11-9-7-2/h43-44,48H,6-42H2,1-5H3,(H-,46,49,50,51). The Labute approximate surface area is 336 Å². The van der Waals surface area contributed by atoms with Gasteiger partial charge in [-0.05, 0) is 12.8 Å². The minimum atomic E-state index is -4.55. The maximum absolute atomic E-state index is 12.9. The van der Waals surface area contributed by atoms with Gasteiger partial charge in [-0.25, -0.2) is 0 Å². The second kappa shape index (κ2) is 38.0. The molecule has 0 spiro atoms. The van der Waals surface area contributed by atoms with Gasteiger partial charge in [-0.3, -0.25) is 9.36 Å². The highest BCUT2D eigenvalue weighted by molar-refractivity contribution is 7.45. The number of phosphoric ester groups is 1. The lowest BCUT2D eigenvalue weighted by Gasteiger charge is -2.30. The highest BCUT2D eigenvalue weighted by Gasteiger charge is 2.24. The van der Waals surface area contributed by atoms with Gasteiger partial charge >= 0.3 is 0 Å². The number of hydrogen-bond acceptors (Lipinski definition) is 6. The Kier molecular flexibility index (Phi) is 37.7. The van der Waals surface area contributed by atoms with Crippen LogP contribution < -0.4 is 10.2 Å². The van der Waals surface area contributed by atoms with Crippen molar-refractivity contribution in [2.75, 3.05) is 40.9 Å². The quantitative estimate of drug-likeness (QED) is 0.0362. The summed E-state index contributed by atoms with van der Waals surface area (Å²) in [4.78, 5) is 25.3. The van der Waals surface area contributed by atoms with Crippen molar-refractivity contribution in [2.45, 2.75) is 244 Å². The number of amides is 1. The van der Waals surface area contributed by atoms with Crippen molar-refractivity contribution >= 4 is 13.7 Å². The summed E-state index contributed by atoms with van der Waals surface area (Å²) in [6.45, 7) is 4.73. The Balaban J connectivity index is 4.19. The van der Waals surface area contributed by atoms with Gasteiger partial charge in [0.15, 0.2) is 0 Å². The Morgan fingerprint density at radius 1 is 0.574 bits per heavy atom. The first-order chi connectivity index (χ1) is 26.0. The third-order valence-corrected chi connectivity index (χ3v) is 11.8. The number of nitrogens with one attached hydrogen (secondary N) is 1. The average Bonchev–Trinajstić information content (AvgIpc) is 3.12. The SMILES string of the molecule is CCCCCCCCCCCCCCCCCCCCCCCC(=O)NC(COP(=O)([O-])OCC[N+](C)(C)C)C(O)CCCCCCCCCCCCC. The molecule has 0 radical (unpaired) electrons. The van der Waals surface area contributed by atoms with E-state index in [0.29, 0.717) is 23.9 Å². The largest absolute Gasteiger partial charge is 0.756 e. The van der Waals surface area contributed by atoms with Gasteiger partial charge in [-0.2, -0.15) is 0 Å². The molecule has 0 bridgehead atoms. The number of aliphatic hydroxyl groups excluding tert-OH is 1. The number of unbranched alkanes of at least 4 members (excludes halogenated alkanes) is 30. The molecule has 9 heteroatoms. The summed E-state index contributed by atoms with van der Waals surface area (Å²) in [5, 5.41) is 13.9. The molecular formula is C45H93N2O6P. The summed E-state index contributed by atoms with van der Waals surface area (Å²) in [5.74, 6) is -0.161. The number of nitrogens with zero attached hydrogens (tertiary/aromatic N) is 1. The Bertz CT molecular complexity index is 855. The molecule has 0 rings (SSSR count). The summed E-state index contributed by atoms with van der Waals surface area (Å²) >= 11 is 0. The molecule has 54 heavy (non-hydrogen) atoms. The van der Waals surface area contributed by atoms with Gasteiger partial charge in [0.25, 0.3) is 7.82 Å². The van der Waals surface area contributed by atoms with Crippen LogP contribution in [-0.4, -0.2) is 68.5 Å². The van der Waals surface area contributed by atoms with E-state index in [1.807, 2.05) is 21.1 Å². The molecule has 0 saturated heterocycles. The highest BCUT2D eigenvalue weighted by atomic mass is 31.2. The van der Waals surface area contributed by atoms with Crippen LogP contribution in [0.4, 0.5) is 0 Å². The number of aliphatic hydroxyl groups is 1. The van der Waals surface area contributed by atoms with Gasteiger partial charge in [-0.1, -0.05) is 213 Å². The van der Waals surface area contributed by atoms with Gasteiger partial charge in [0.1, 0.15) is 13.2 Å². The second-order valence-corrected chi connectivity index (χ2v) is 18.9. The fourth-order valence-electron chi connectivity index (χ4n) is 7.10. The molecule has 0 aromatic heterocycles. The number of hydrogen-bond donors (Lipinski definition) is 2. The molecule has 0 aliphatic carbocycles. The molecule has 0 aromatic rings. The van der Waals surface area contributed by atoms with Crippen LogP contribution in [0, 0.1) is 0 Å². The topological polar surface area (TPSA) is 108 Å². The smallest absolute Gasteiger partial charge is 0.268 e. The van der Waals surface area contributed by atoms with Gasteiger partial charge in [0.05, 0.1) is 39.9 Å². The van der Waals surface area contributed by atoms with Crippen molar-refractivity contribution in [1.29, 1.82) is 0 Å². The first-order valence-corrected chi connectivity index (χ1v) is 24.8. The molecule has 1 amide bonds. The van der Waals surface area contributed by atoms with Crippen molar-refractivity contribution in [3.8, 4) is 0 Å². The van der Waals surface area contributed by atoms with E-state index in [0.717, 1.165) is 38.5 Å². The lowest BCUT2D eigenvalue weighted by Crippen LogP contribution is -2.46. The van der Waals surface area contributed by atoms with Crippen LogP contribution >= 0.6 is 7.82 Å². The minimum absolute atomic E-state index is 0.0159. The molecule has 2 N–H and O–H groups in total. The van der Waals surface area contributed by atoms with Gasteiger partial charge < -0.3 is 28.8 Å². The normalized spacial score (nSPS) is 14.3. The van der Waals surface area contributed by atoms with Crippen molar-refractivity contribution in [2.24, 2.45) is 0 Å². The number of quaternary nitrogens is 1. The Morgan fingerprint density at radius 3 is 1.26 bits per heavy atom. The Hall–Kier alpha value is -0.500. The predicted octanol–water partition coefficient (Wildman–Crippen LogP) is 12.3. The fourth-order valence-corrected chi connectivity index (χ4v) is 7.82. The molecule has 0 fully saturated rings. The number of carbonyl (C=O) groups excluding carboxylic acids is 1. The monoisotopic (exact) mass is 789 g/mol. The van der Waals surface area contributed by atoms with Crippen LogP contribution in [0.3, 0.4) is 0 Å². The van der Waals surface area contributed by atoms with E-state index in [9.17, 15) is 19.4 Å². The van der Waals surface area contributed by atoms with Crippen molar-refractivity contribution < 1.29 is 32.9 Å². The molecule has 324 valence electrons. The van der Waals surface area contributed by atoms with Crippen LogP contribution in [0.25, 0.3) is 0 Å². The van der Waals surface area contributed by atoms with Gasteiger partial charge in [0.2, 0.25) is 5.91 Å². The molecule has 8 nitrogen and oxygen atoms in total. The van der Waals surface area contributed by atoms with Crippen LogP contribution in [0.2, 0.25) is 0 Å². The van der Waals surface area contributed by atoms with Crippen LogP contribution in [0.1, 0.15) is 232 Å². The molecular weight excluding hydrogens is 695 g/mol. The van der Waals surface area contributed by atoms with Crippen LogP contribution in [0.15, 0.2) is 0 Å². The first-order valence-electron chi connectivity index (χ1n) is 23.4. The number of phosphoric acid groups is 1. The lowest BCUT2D eigenvalue weighted by atomic mass is 10.0. The maximum Gasteiger partial charge on any atom is 0.268 e. The van der Waals surface area contributed by atoms with Crippen LogP contribution in [-0.2, 0) is 18.4 Å². The summed E-state index contributed by atoms with van der Waals surface area (Å²) in [5.41, 5.74) is 0. The van der Waals surface area contributed by atoms with E-state index in [1.54, 1.807) is 0 Å². The maximum atomic E-state index is 12.9. The molecule has 3 unspecified atom stereocenters. The summed E-state index contributed by atoms with van der Waals surface area (Å²) in [7, 11) is 1.32. The van der Waals surface area contributed by atoms with E-state index in [-0.39, 0.29) is 19.1 Å². The minimum Gasteiger partial charge on any atom is -0.756 e. The van der Waals surface area contributed by atoms with E-state index in [2.05, 4.69) is 19.2 Å². The number of carbonyl (C=O) groups is 1. The third-order valence-electron chi connectivity index (χ3n) is 10.8. The zero-order chi connectivity index (χ0) is 40.0. The van der Waals surface area contributed by atoms with Gasteiger partial charge in [0, 0.05) is 6.42 Å². The van der Waals surface area contributed by atoms with Crippen molar-refractivity contribution in [3.05, 3.63) is 0 Å². The average molecular weight is 789 g/mol. The van der Waals surface area contributed by atoms with E-state index < -0.39 is 20.0 Å². The Morgan fingerprint density at radius 2 is 0.907 bits per heavy atom. The third kappa shape index (κ3) is 39.7. The van der Waals surface area contributed by atoms with Crippen molar-refractivity contribution in [3.63, 3.8) is 0 Å². The molecule has 0 aliphatic rings. The summed E-state index contributed by atoms with van der Waals surface area (Å²) in [6, 6.07) is -0.792. The zero-order valence-electron chi connectivity index (χ0n) is 36.7. The second-order valence-electron chi connectivity index (χ2n) is 17.5. The van der Waals surface area contributed by atoms with Gasteiger partial charge in [-0.15, -0.1) is 0 Å². The molecule has 3 atom stereocenters. The molecule has 0 aromatic carbocycles. The number of likely N-dealkylation sites (N-methyl/N-ethyl adjacent to an activating group) is 1. The number of rotatable bonds is 43. The predicted molar refractivity (Wildman–Crippen MR) is 229 cm³/mol. The molecule has 0 saturated carbocycles. The summed E-state index contributed by atoms with van der Waals surface area (Å²) < 4.78 is 23.2. The van der Waals surface area contributed by atoms with E-state index in [4.69, 9.17) is 9.05 Å². The van der Waals surface area contributed by atoms with Crippen LogP contribution in [0.5, 0.6) is 0 Å².